The van der Waals surface area contributed by atoms with Crippen LogP contribution in [0.4, 0.5) is 10.5 Å². The Labute approximate surface area is 108 Å². The van der Waals surface area contributed by atoms with Crippen molar-refractivity contribution in [2.24, 2.45) is 5.73 Å². The zero-order chi connectivity index (χ0) is 13.4. The molecule has 0 saturated carbocycles. The fourth-order valence-corrected chi connectivity index (χ4v) is 1.68. The molecule has 0 spiro atoms. The van der Waals surface area contributed by atoms with Crippen LogP contribution in [0.2, 0.25) is 0 Å². The summed E-state index contributed by atoms with van der Waals surface area (Å²) in [5, 5.41) is 2.84. The van der Waals surface area contributed by atoms with Crippen LogP contribution in [0.3, 0.4) is 0 Å². The van der Waals surface area contributed by atoms with Gasteiger partial charge in [-0.1, -0.05) is 19.1 Å². The van der Waals surface area contributed by atoms with Gasteiger partial charge in [-0.15, -0.1) is 0 Å². The Bertz CT molecular complexity index is 376. The second-order valence-electron chi connectivity index (χ2n) is 3.91. The van der Waals surface area contributed by atoms with E-state index in [-0.39, 0.29) is 6.03 Å². The molecular formula is C13H21N3O2. The van der Waals surface area contributed by atoms with Crippen molar-refractivity contribution in [3.63, 3.8) is 0 Å². The number of carbonyl (C=O) groups excluding carboxylic acids is 1. The van der Waals surface area contributed by atoms with E-state index in [9.17, 15) is 4.79 Å². The number of para-hydroxylation sites is 2. The molecule has 1 rings (SSSR count). The normalized spacial score (nSPS) is 9.94. The van der Waals surface area contributed by atoms with E-state index in [4.69, 9.17) is 10.5 Å². The third kappa shape index (κ3) is 3.92. The lowest BCUT2D eigenvalue weighted by Gasteiger charge is -2.22. The molecule has 0 atom stereocenters. The number of carbonyl (C=O) groups is 1. The van der Waals surface area contributed by atoms with Crippen molar-refractivity contribution in [2.45, 2.75) is 13.3 Å². The van der Waals surface area contributed by atoms with Crippen LogP contribution < -0.4 is 15.8 Å². The minimum atomic E-state index is -0.146. The molecule has 0 aliphatic carbocycles. The third-order valence-corrected chi connectivity index (χ3v) is 2.53. The maximum Gasteiger partial charge on any atom is 0.321 e. The van der Waals surface area contributed by atoms with E-state index >= 15 is 0 Å². The maximum absolute atomic E-state index is 12.1. The topological polar surface area (TPSA) is 67.6 Å². The molecule has 0 aromatic heterocycles. The van der Waals surface area contributed by atoms with Crippen LogP contribution in [0.1, 0.15) is 13.3 Å². The van der Waals surface area contributed by atoms with E-state index < -0.39 is 0 Å². The molecule has 18 heavy (non-hydrogen) atoms. The predicted molar refractivity (Wildman–Crippen MR) is 72.9 cm³/mol. The molecule has 2 amide bonds. The summed E-state index contributed by atoms with van der Waals surface area (Å²) >= 11 is 0. The molecule has 0 heterocycles. The standard InChI is InChI=1S/C13H21N3O2/c1-3-9-16(10-8-14)13(17)15-11-6-4-5-7-12(11)18-2/h4-7H,3,8-10,14H2,1-2H3,(H,15,17). The highest BCUT2D eigenvalue weighted by Gasteiger charge is 2.13. The van der Waals surface area contributed by atoms with Crippen LogP contribution >= 0.6 is 0 Å². The number of ether oxygens (including phenoxy) is 1. The highest BCUT2D eigenvalue weighted by atomic mass is 16.5. The summed E-state index contributed by atoms with van der Waals surface area (Å²) in [6.45, 7) is 3.73. The summed E-state index contributed by atoms with van der Waals surface area (Å²) in [6.07, 6.45) is 0.902. The van der Waals surface area contributed by atoms with Gasteiger partial charge in [-0.05, 0) is 18.6 Å². The first-order valence-corrected chi connectivity index (χ1v) is 6.12. The van der Waals surface area contributed by atoms with Crippen molar-refractivity contribution in [3.05, 3.63) is 24.3 Å². The highest BCUT2D eigenvalue weighted by molar-refractivity contribution is 5.90. The van der Waals surface area contributed by atoms with Gasteiger partial charge in [-0.25, -0.2) is 4.79 Å². The van der Waals surface area contributed by atoms with E-state index in [1.54, 1.807) is 12.0 Å². The highest BCUT2D eigenvalue weighted by Crippen LogP contribution is 2.23. The fraction of sp³-hybridized carbons (Fsp3) is 0.462. The SMILES string of the molecule is CCCN(CCN)C(=O)Nc1ccccc1OC. The molecule has 0 aliphatic rings. The second-order valence-corrected chi connectivity index (χ2v) is 3.91. The van der Waals surface area contributed by atoms with Gasteiger partial charge in [0.2, 0.25) is 0 Å². The van der Waals surface area contributed by atoms with Gasteiger partial charge in [0.25, 0.3) is 0 Å². The number of nitrogens with two attached hydrogens (primary N) is 1. The number of urea groups is 1. The summed E-state index contributed by atoms with van der Waals surface area (Å²) in [4.78, 5) is 13.8. The van der Waals surface area contributed by atoms with Crippen LogP contribution in [0.15, 0.2) is 24.3 Å². The Kier molecular flexibility index (Phi) is 6.00. The van der Waals surface area contributed by atoms with Crippen molar-refractivity contribution in [3.8, 4) is 5.75 Å². The van der Waals surface area contributed by atoms with Crippen LogP contribution in [0.25, 0.3) is 0 Å². The Hall–Kier alpha value is -1.75. The van der Waals surface area contributed by atoms with E-state index in [0.29, 0.717) is 31.1 Å². The molecule has 0 saturated heterocycles. The van der Waals surface area contributed by atoms with Gasteiger partial charge in [0.05, 0.1) is 12.8 Å². The molecule has 0 unspecified atom stereocenters. The van der Waals surface area contributed by atoms with Crippen LogP contribution in [0, 0.1) is 0 Å². The number of methoxy groups -OCH3 is 1. The summed E-state index contributed by atoms with van der Waals surface area (Å²) in [7, 11) is 1.58. The molecule has 100 valence electrons. The van der Waals surface area contributed by atoms with E-state index in [2.05, 4.69) is 5.32 Å². The Morgan fingerprint density at radius 2 is 2.11 bits per heavy atom. The number of amides is 2. The van der Waals surface area contributed by atoms with E-state index in [1.165, 1.54) is 0 Å². The van der Waals surface area contributed by atoms with Crippen molar-refractivity contribution in [1.82, 2.24) is 4.90 Å². The number of nitrogens with zero attached hydrogens (tertiary/aromatic N) is 1. The van der Waals surface area contributed by atoms with Crippen molar-refractivity contribution < 1.29 is 9.53 Å². The van der Waals surface area contributed by atoms with Crippen molar-refractivity contribution in [1.29, 1.82) is 0 Å². The van der Waals surface area contributed by atoms with Gasteiger partial charge in [0.1, 0.15) is 5.75 Å². The van der Waals surface area contributed by atoms with Gasteiger partial charge in [-0.3, -0.25) is 0 Å². The van der Waals surface area contributed by atoms with Crippen LogP contribution in [-0.2, 0) is 0 Å². The number of hydrogen-bond donors (Lipinski definition) is 2. The molecule has 1 aromatic rings. The molecular weight excluding hydrogens is 230 g/mol. The largest absolute Gasteiger partial charge is 0.495 e. The zero-order valence-electron chi connectivity index (χ0n) is 11.0. The quantitative estimate of drug-likeness (QED) is 0.811. The first-order chi connectivity index (χ1) is 8.72. The monoisotopic (exact) mass is 251 g/mol. The predicted octanol–water partition coefficient (Wildman–Crippen LogP) is 1.90. The first-order valence-electron chi connectivity index (χ1n) is 6.12. The zero-order valence-corrected chi connectivity index (χ0v) is 11.0. The molecule has 5 heteroatoms. The molecule has 5 nitrogen and oxygen atoms in total. The molecule has 0 radical (unpaired) electrons. The van der Waals surface area contributed by atoms with Crippen LogP contribution in [-0.4, -0.2) is 37.7 Å². The lowest BCUT2D eigenvalue weighted by atomic mass is 10.3. The number of hydrogen-bond acceptors (Lipinski definition) is 3. The van der Waals surface area contributed by atoms with E-state index in [0.717, 1.165) is 6.42 Å². The van der Waals surface area contributed by atoms with Crippen molar-refractivity contribution in [2.75, 3.05) is 32.1 Å². The molecule has 0 aliphatic heterocycles. The summed E-state index contributed by atoms with van der Waals surface area (Å²) in [6, 6.07) is 7.18. The Morgan fingerprint density at radius 3 is 2.72 bits per heavy atom. The van der Waals surface area contributed by atoms with Crippen molar-refractivity contribution >= 4 is 11.7 Å². The average Bonchev–Trinajstić information content (AvgIpc) is 2.39. The molecule has 0 fully saturated rings. The number of nitrogens with one attached hydrogen (secondary N) is 1. The number of benzene rings is 1. The summed E-state index contributed by atoms with van der Waals surface area (Å²) in [5.74, 6) is 0.648. The third-order valence-electron chi connectivity index (χ3n) is 2.53. The maximum atomic E-state index is 12.1. The smallest absolute Gasteiger partial charge is 0.321 e. The van der Waals surface area contributed by atoms with Gasteiger partial charge in [0.15, 0.2) is 0 Å². The minimum absolute atomic E-state index is 0.146. The van der Waals surface area contributed by atoms with Gasteiger partial charge < -0.3 is 20.7 Å². The fourth-order valence-electron chi connectivity index (χ4n) is 1.68. The number of rotatable bonds is 6. The molecule has 0 bridgehead atoms. The number of anilines is 1. The summed E-state index contributed by atoms with van der Waals surface area (Å²) < 4.78 is 5.19. The summed E-state index contributed by atoms with van der Waals surface area (Å²) in [5.41, 5.74) is 6.17. The molecule has 3 N–H and O–H groups in total. The van der Waals surface area contributed by atoms with Crippen LogP contribution in [0.5, 0.6) is 5.75 Å². The Balaban J connectivity index is 2.72. The average molecular weight is 251 g/mol. The lowest BCUT2D eigenvalue weighted by molar-refractivity contribution is 0.213. The van der Waals surface area contributed by atoms with Gasteiger partial charge in [-0.2, -0.15) is 0 Å². The van der Waals surface area contributed by atoms with Gasteiger partial charge >= 0.3 is 6.03 Å². The first kappa shape index (κ1) is 14.3. The second kappa shape index (κ2) is 7.55. The minimum Gasteiger partial charge on any atom is -0.495 e. The van der Waals surface area contributed by atoms with Gasteiger partial charge in [0, 0.05) is 19.6 Å². The Morgan fingerprint density at radius 1 is 1.39 bits per heavy atom. The molecule has 1 aromatic carbocycles. The lowest BCUT2D eigenvalue weighted by Crippen LogP contribution is -2.39. The van der Waals surface area contributed by atoms with E-state index in [1.807, 2.05) is 31.2 Å².